The minimum atomic E-state index is -1.03. The van der Waals surface area contributed by atoms with Gasteiger partial charge in [-0.3, -0.25) is 0 Å². The van der Waals surface area contributed by atoms with Crippen LogP contribution in [0.1, 0.15) is 37.9 Å². The van der Waals surface area contributed by atoms with Gasteiger partial charge in [0.05, 0.1) is 6.54 Å². The molecular weight excluding hydrogens is 369 g/mol. The first-order valence-corrected chi connectivity index (χ1v) is 6.72. The normalized spacial score (nSPS) is 13.1. The molecule has 116 valence electrons. The zero-order chi connectivity index (χ0) is 14.5. The van der Waals surface area contributed by atoms with Crippen molar-refractivity contribution < 1.29 is 9.52 Å². The number of nitrogens with one attached hydrogen (secondary N) is 2. The van der Waals surface area contributed by atoms with Gasteiger partial charge in [0.25, 0.3) is 0 Å². The maximum absolute atomic E-state index is 10.5. The van der Waals surface area contributed by atoms with E-state index in [1.165, 1.54) is 0 Å². The molecule has 3 N–H and O–H groups in total. The fourth-order valence-corrected chi connectivity index (χ4v) is 1.99. The first-order chi connectivity index (χ1) is 8.90. The van der Waals surface area contributed by atoms with Crippen LogP contribution in [0.5, 0.6) is 0 Å². The van der Waals surface area contributed by atoms with E-state index < -0.39 is 5.60 Å². The van der Waals surface area contributed by atoms with E-state index in [4.69, 9.17) is 4.42 Å². The third kappa shape index (κ3) is 5.32. The van der Waals surface area contributed by atoms with Gasteiger partial charge < -0.3 is 20.2 Å². The van der Waals surface area contributed by atoms with Crippen LogP contribution in [-0.4, -0.2) is 30.7 Å². The summed E-state index contributed by atoms with van der Waals surface area (Å²) in [7, 11) is 0. The Bertz CT molecular complexity index is 434. The molecule has 0 saturated carbocycles. The molecule has 1 atom stereocenters. The number of furan rings is 1. The Labute approximate surface area is 138 Å². The van der Waals surface area contributed by atoms with E-state index in [9.17, 15) is 5.11 Å². The third-order valence-corrected chi connectivity index (χ3v) is 2.85. The van der Waals surface area contributed by atoms with Gasteiger partial charge in [-0.25, -0.2) is 4.99 Å². The van der Waals surface area contributed by atoms with Gasteiger partial charge in [-0.2, -0.15) is 0 Å². The quantitative estimate of drug-likeness (QED) is 0.407. The highest BCUT2D eigenvalue weighted by Crippen LogP contribution is 2.27. The Balaban J connectivity index is 0.00000361. The monoisotopic (exact) mass is 395 g/mol. The van der Waals surface area contributed by atoms with Crippen molar-refractivity contribution in [2.45, 2.75) is 40.2 Å². The third-order valence-electron chi connectivity index (χ3n) is 2.85. The number of rotatable bonds is 5. The number of aliphatic imine (C=N–C) groups is 1. The molecule has 1 aromatic heterocycles. The zero-order valence-corrected chi connectivity index (χ0v) is 15.2. The highest BCUT2D eigenvalue weighted by atomic mass is 127. The topological polar surface area (TPSA) is 69.8 Å². The van der Waals surface area contributed by atoms with Crippen molar-refractivity contribution in [3.63, 3.8) is 0 Å². The van der Waals surface area contributed by atoms with Crippen LogP contribution in [-0.2, 0) is 5.60 Å². The van der Waals surface area contributed by atoms with Gasteiger partial charge in [0, 0.05) is 18.7 Å². The molecule has 1 unspecified atom stereocenters. The van der Waals surface area contributed by atoms with E-state index in [1.54, 1.807) is 6.92 Å². The van der Waals surface area contributed by atoms with E-state index >= 15 is 0 Å². The van der Waals surface area contributed by atoms with Crippen molar-refractivity contribution >= 4 is 29.9 Å². The minimum Gasteiger partial charge on any atom is -0.466 e. The number of hydrogen-bond acceptors (Lipinski definition) is 3. The molecule has 0 aliphatic rings. The van der Waals surface area contributed by atoms with Crippen molar-refractivity contribution in [2.75, 3.05) is 19.6 Å². The second-order valence-corrected chi connectivity index (χ2v) is 4.83. The first kappa shape index (κ1) is 19.2. The number of guanidine groups is 1. The van der Waals surface area contributed by atoms with Crippen LogP contribution in [0.15, 0.2) is 15.5 Å². The lowest BCUT2D eigenvalue weighted by Crippen LogP contribution is -2.38. The molecule has 1 aromatic rings. The lowest BCUT2D eigenvalue weighted by atomic mass is 9.96. The van der Waals surface area contributed by atoms with Crippen LogP contribution in [0.3, 0.4) is 0 Å². The summed E-state index contributed by atoms with van der Waals surface area (Å²) in [6, 6.07) is 1.87. The molecule has 0 spiro atoms. The summed E-state index contributed by atoms with van der Waals surface area (Å²) in [5.74, 6) is 2.25. The van der Waals surface area contributed by atoms with Gasteiger partial charge in [0.15, 0.2) is 5.96 Å². The number of nitrogens with zero attached hydrogens (tertiary/aromatic N) is 1. The van der Waals surface area contributed by atoms with Crippen LogP contribution in [0, 0.1) is 13.8 Å². The number of aryl methyl sites for hydroxylation is 2. The molecule has 1 rings (SSSR count). The SMILES string of the molecule is CCNC(=NCC(C)(O)c1cc(C)oc1C)NCC.I. The molecule has 6 heteroatoms. The minimum absolute atomic E-state index is 0. The van der Waals surface area contributed by atoms with Crippen LogP contribution < -0.4 is 10.6 Å². The van der Waals surface area contributed by atoms with Crippen molar-refractivity contribution in [3.8, 4) is 0 Å². The Morgan fingerprint density at radius 1 is 1.30 bits per heavy atom. The summed E-state index contributed by atoms with van der Waals surface area (Å²) in [6.45, 7) is 11.4. The van der Waals surface area contributed by atoms with Crippen molar-refractivity contribution in [2.24, 2.45) is 4.99 Å². The zero-order valence-electron chi connectivity index (χ0n) is 12.9. The molecular formula is C14H26IN3O2. The Hall–Kier alpha value is -0.760. The highest BCUT2D eigenvalue weighted by molar-refractivity contribution is 14.0. The predicted octanol–water partition coefficient (Wildman–Crippen LogP) is 2.30. The average Bonchev–Trinajstić information content (AvgIpc) is 2.67. The Morgan fingerprint density at radius 3 is 2.25 bits per heavy atom. The van der Waals surface area contributed by atoms with Gasteiger partial charge >= 0.3 is 0 Å². The van der Waals surface area contributed by atoms with E-state index in [-0.39, 0.29) is 30.5 Å². The van der Waals surface area contributed by atoms with Crippen LogP contribution in [0.25, 0.3) is 0 Å². The molecule has 1 heterocycles. The maximum Gasteiger partial charge on any atom is 0.191 e. The summed E-state index contributed by atoms with van der Waals surface area (Å²) in [6.07, 6.45) is 0. The Morgan fingerprint density at radius 2 is 1.85 bits per heavy atom. The molecule has 0 fully saturated rings. The van der Waals surface area contributed by atoms with Gasteiger partial charge in [-0.15, -0.1) is 24.0 Å². The molecule has 0 saturated heterocycles. The molecule has 0 aliphatic carbocycles. The van der Waals surface area contributed by atoms with E-state index in [1.807, 2.05) is 33.8 Å². The summed E-state index contributed by atoms with van der Waals surface area (Å²) in [4.78, 5) is 4.40. The van der Waals surface area contributed by atoms with Crippen molar-refractivity contribution in [1.29, 1.82) is 0 Å². The predicted molar refractivity (Wildman–Crippen MR) is 92.8 cm³/mol. The first-order valence-electron chi connectivity index (χ1n) is 6.72. The Kier molecular flexibility index (Phi) is 8.19. The lowest BCUT2D eigenvalue weighted by Gasteiger charge is -2.21. The van der Waals surface area contributed by atoms with Gasteiger partial charge in [-0.05, 0) is 40.7 Å². The summed E-state index contributed by atoms with van der Waals surface area (Å²) in [5.41, 5.74) is -0.237. The lowest BCUT2D eigenvalue weighted by molar-refractivity contribution is 0.0657. The van der Waals surface area contributed by atoms with Crippen LogP contribution in [0.2, 0.25) is 0 Å². The largest absolute Gasteiger partial charge is 0.466 e. The molecule has 0 amide bonds. The summed E-state index contributed by atoms with van der Waals surface area (Å²) < 4.78 is 5.46. The summed E-state index contributed by atoms with van der Waals surface area (Å²) >= 11 is 0. The molecule has 0 aliphatic heterocycles. The van der Waals surface area contributed by atoms with Crippen molar-refractivity contribution in [1.82, 2.24) is 10.6 Å². The van der Waals surface area contributed by atoms with E-state index in [0.29, 0.717) is 5.96 Å². The molecule has 5 nitrogen and oxygen atoms in total. The van der Waals surface area contributed by atoms with Gasteiger partial charge in [-0.1, -0.05) is 0 Å². The van der Waals surface area contributed by atoms with Gasteiger partial charge in [0.1, 0.15) is 17.1 Å². The van der Waals surface area contributed by atoms with E-state index in [2.05, 4.69) is 15.6 Å². The molecule has 0 aromatic carbocycles. The van der Waals surface area contributed by atoms with Gasteiger partial charge in [0.2, 0.25) is 0 Å². The number of aliphatic hydroxyl groups is 1. The molecule has 0 bridgehead atoms. The summed E-state index contributed by atoms with van der Waals surface area (Å²) in [5, 5.41) is 16.8. The fraction of sp³-hybridized carbons (Fsp3) is 0.643. The molecule has 20 heavy (non-hydrogen) atoms. The van der Waals surface area contributed by atoms with Crippen LogP contribution >= 0.6 is 24.0 Å². The van der Waals surface area contributed by atoms with E-state index in [0.717, 1.165) is 30.2 Å². The number of halogens is 1. The van der Waals surface area contributed by atoms with Crippen LogP contribution in [0.4, 0.5) is 0 Å². The maximum atomic E-state index is 10.5. The second-order valence-electron chi connectivity index (χ2n) is 4.83. The standard InChI is InChI=1S/C14H25N3O2.HI/c1-6-15-13(16-7-2)17-9-14(5,18)12-8-10(3)19-11(12)4;/h8,18H,6-7,9H2,1-5H3,(H2,15,16,17);1H. The van der Waals surface area contributed by atoms with Crippen molar-refractivity contribution in [3.05, 3.63) is 23.2 Å². The fourth-order valence-electron chi connectivity index (χ4n) is 1.99. The average molecular weight is 395 g/mol. The second kappa shape index (κ2) is 8.51. The highest BCUT2D eigenvalue weighted by Gasteiger charge is 2.27. The smallest absolute Gasteiger partial charge is 0.191 e. The number of hydrogen-bond donors (Lipinski definition) is 3. The molecule has 0 radical (unpaired) electrons.